The molecule has 0 radical (unpaired) electrons. The fourth-order valence-electron chi connectivity index (χ4n) is 1.28. The first kappa shape index (κ1) is 23.7. The average Bonchev–Trinajstić information content (AvgIpc) is 2.49. The van der Waals surface area contributed by atoms with Gasteiger partial charge in [0.2, 0.25) is 0 Å². The molecule has 0 rings (SSSR count). The maximum Gasteiger partial charge on any atom is 0.190 e. The van der Waals surface area contributed by atoms with Crippen LogP contribution in [-0.4, -0.2) is 61.8 Å². The van der Waals surface area contributed by atoms with Gasteiger partial charge in [0.25, 0.3) is 0 Å². The van der Waals surface area contributed by atoms with Crippen molar-refractivity contribution in [3.05, 3.63) is 0 Å². The molecule has 22 heavy (non-hydrogen) atoms. The average molecular weight is 442 g/mol. The second-order valence-corrected chi connectivity index (χ2v) is 10.1. The molecule has 0 N–H and O–H groups in total. The summed E-state index contributed by atoms with van der Waals surface area (Å²) in [7, 11) is 0. The molecule has 0 heterocycles. The molecule has 0 bridgehead atoms. The summed E-state index contributed by atoms with van der Waals surface area (Å²) in [5.41, 5.74) is 0. The summed E-state index contributed by atoms with van der Waals surface area (Å²) in [6.45, 7) is 0. The van der Waals surface area contributed by atoms with Gasteiger partial charge in [0.15, 0.2) is 10.2 Å². The molecule has 9 heteroatoms. The Balaban J connectivity index is 3.83. The molecule has 0 spiro atoms. The lowest BCUT2D eigenvalue weighted by molar-refractivity contribution is -0.111. The fraction of sp³-hybridized carbons (Fsp3) is 0.846. The molecule has 0 aromatic rings. The van der Waals surface area contributed by atoms with E-state index in [0.29, 0.717) is 29.9 Å². The van der Waals surface area contributed by atoms with Crippen LogP contribution in [0.5, 0.6) is 0 Å². The van der Waals surface area contributed by atoms with Crippen LogP contribution < -0.4 is 0 Å². The minimum atomic E-state index is 0.165. The van der Waals surface area contributed by atoms with E-state index >= 15 is 0 Å². The molecule has 0 saturated carbocycles. The van der Waals surface area contributed by atoms with Crippen molar-refractivity contribution >= 4 is 93.1 Å². The predicted molar refractivity (Wildman–Crippen MR) is 113 cm³/mol. The Bertz CT molecular complexity index is 308. The number of rotatable bonds is 14. The van der Waals surface area contributed by atoms with Crippen LogP contribution in [0.1, 0.15) is 12.8 Å². The van der Waals surface area contributed by atoms with Gasteiger partial charge in [-0.25, -0.2) is 0 Å². The van der Waals surface area contributed by atoms with Crippen molar-refractivity contribution in [2.24, 2.45) is 0 Å². The molecule has 0 saturated heterocycles. The first-order valence-electron chi connectivity index (χ1n) is 6.87. The minimum Gasteiger partial charge on any atom is -0.287 e. The lowest BCUT2D eigenvalue weighted by atomic mass is 10.5. The van der Waals surface area contributed by atoms with E-state index in [1.807, 2.05) is 23.5 Å². The summed E-state index contributed by atoms with van der Waals surface area (Å²) < 4.78 is 0. The van der Waals surface area contributed by atoms with Crippen LogP contribution >= 0.6 is 82.9 Å². The van der Waals surface area contributed by atoms with E-state index in [2.05, 4.69) is 12.6 Å². The zero-order valence-electron chi connectivity index (χ0n) is 12.3. The molecule has 130 valence electrons. The topological polar surface area (TPSA) is 34.1 Å². The van der Waals surface area contributed by atoms with Gasteiger partial charge in [-0.15, -0.1) is 23.2 Å². The van der Waals surface area contributed by atoms with Crippen molar-refractivity contribution in [2.75, 3.05) is 46.3 Å². The van der Waals surface area contributed by atoms with Gasteiger partial charge in [0.05, 0.1) is 0 Å². The van der Waals surface area contributed by atoms with Crippen LogP contribution in [0.2, 0.25) is 0 Å². The zero-order chi connectivity index (χ0) is 16.6. The summed E-state index contributed by atoms with van der Waals surface area (Å²) in [5.74, 6) is 6.19. The third kappa shape index (κ3) is 15.2. The summed E-state index contributed by atoms with van der Waals surface area (Å²) >= 11 is 21.8. The molecular formula is C13H22Cl2O2S5. The molecular weight excluding hydrogens is 419 g/mol. The highest BCUT2D eigenvalue weighted by atomic mass is 35.5. The maximum absolute atomic E-state index is 11.5. The van der Waals surface area contributed by atoms with Gasteiger partial charge in [-0.1, -0.05) is 23.5 Å². The number of halogens is 2. The van der Waals surface area contributed by atoms with Crippen molar-refractivity contribution in [2.45, 2.75) is 18.1 Å². The number of alkyl halides is 2. The van der Waals surface area contributed by atoms with Crippen LogP contribution in [0.25, 0.3) is 0 Å². The fourth-order valence-corrected chi connectivity index (χ4v) is 6.57. The van der Waals surface area contributed by atoms with Crippen molar-refractivity contribution in [3.63, 3.8) is 0 Å². The maximum atomic E-state index is 11.5. The molecule has 0 aromatic heterocycles. The largest absolute Gasteiger partial charge is 0.287 e. The Labute approximate surface area is 166 Å². The highest BCUT2D eigenvalue weighted by molar-refractivity contribution is 8.15. The monoisotopic (exact) mass is 440 g/mol. The Hall–Kier alpha value is 1.67. The molecule has 0 aliphatic carbocycles. The third-order valence-electron chi connectivity index (χ3n) is 2.27. The molecule has 0 aromatic carbocycles. The number of carbonyl (C=O) groups excluding carboxylic acids is 2. The van der Waals surface area contributed by atoms with Gasteiger partial charge in [-0.2, -0.15) is 36.2 Å². The van der Waals surface area contributed by atoms with Crippen LogP contribution in [0, 0.1) is 0 Å². The van der Waals surface area contributed by atoms with Gasteiger partial charge in [0.1, 0.15) is 0 Å². The third-order valence-corrected chi connectivity index (χ3v) is 8.26. The van der Waals surface area contributed by atoms with Crippen molar-refractivity contribution in [1.29, 1.82) is 0 Å². The summed E-state index contributed by atoms with van der Waals surface area (Å²) in [5, 5.41) is 0.766. The second kappa shape index (κ2) is 17.5. The Morgan fingerprint density at radius 3 is 2.14 bits per heavy atom. The highest BCUT2D eigenvalue weighted by Crippen LogP contribution is 2.23. The summed E-state index contributed by atoms with van der Waals surface area (Å²) in [6.07, 6.45) is 0.874. The minimum absolute atomic E-state index is 0.165. The molecule has 2 nitrogen and oxygen atoms in total. The smallest absolute Gasteiger partial charge is 0.190 e. The first-order chi connectivity index (χ1) is 10.6. The predicted octanol–water partition coefficient (Wildman–Crippen LogP) is 4.53. The van der Waals surface area contributed by atoms with Crippen molar-refractivity contribution in [1.82, 2.24) is 0 Å². The van der Waals surface area contributed by atoms with Crippen LogP contribution in [0.15, 0.2) is 0 Å². The van der Waals surface area contributed by atoms with E-state index < -0.39 is 0 Å². The number of thiol groups is 1. The first-order valence-corrected chi connectivity index (χ1v) is 12.7. The molecule has 0 amide bonds. The quantitative estimate of drug-likeness (QED) is 0.242. The van der Waals surface area contributed by atoms with Gasteiger partial charge in [-0.05, 0) is 5.75 Å². The summed E-state index contributed by atoms with van der Waals surface area (Å²) in [4.78, 5) is 22.9. The Morgan fingerprint density at radius 2 is 1.55 bits per heavy atom. The van der Waals surface area contributed by atoms with E-state index in [4.69, 9.17) is 23.2 Å². The second-order valence-electron chi connectivity index (χ2n) is 4.07. The Morgan fingerprint density at radius 1 is 0.909 bits per heavy atom. The SMILES string of the molecule is O=C(CCCl)SCCSCC(CSC(=O)CCCl)SCCS. The lowest BCUT2D eigenvalue weighted by Crippen LogP contribution is -2.13. The highest BCUT2D eigenvalue weighted by Gasteiger charge is 2.12. The number of hydrogen-bond donors (Lipinski definition) is 1. The number of carbonyl (C=O) groups is 2. The normalized spacial score (nSPS) is 12.3. The summed E-state index contributed by atoms with van der Waals surface area (Å²) in [6, 6.07) is 0. The molecule has 1 unspecified atom stereocenters. The Kier molecular flexibility index (Phi) is 18.8. The van der Waals surface area contributed by atoms with E-state index in [-0.39, 0.29) is 10.2 Å². The van der Waals surface area contributed by atoms with Crippen LogP contribution in [0.4, 0.5) is 0 Å². The van der Waals surface area contributed by atoms with Crippen LogP contribution in [0.3, 0.4) is 0 Å². The lowest BCUT2D eigenvalue weighted by Gasteiger charge is -2.15. The zero-order valence-corrected chi connectivity index (χ0v) is 18.0. The van der Waals surface area contributed by atoms with Crippen molar-refractivity contribution in [3.8, 4) is 0 Å². The van der Waals surface area contributed by atoms with Gasteiger partial charge in [-0.3, -0.25) is 9.59 Å². The number of hydrogen-bond acceptors (Lipinski definition) is 7. The van der Waals surface area contributed by atoms with Gasteiger partial charge in [0, 0.05) is 58.6 Å². The molecule has 0 aliphatic rings. The van der Waals surface area contributed by atoms with E-state index in [1.54, 1.807) is 0 Å². The van der Waals surface area contributed by atoms with Crippen LogP contribution in [-0.2, 0) is 9.59 Å². The van der Waals surface area contributed by atoms with E-state index in [1.165, 1.54) is 23.5 Å². The molecule has 1 atom stereocenters. The van der Waals surface area contributed by atoms with Crippen molar-refractivity contribution < 1.29 is 9.59 Å². The molecule has 0 fully saturated rings. The molecule has 0 aliphatic heterocycles. The van der Waals surface area contributed by atoms with Gasteiger partial charge >= 0.3 is 0 Å². The van der Waals surface area contributed by atoms with E-state index in [9.17, 15) is 9.59 Å². The number of thioether (sulfide) groups is 4. The van der Waals surface area contributed by atoms with E-state index in [0.717, 1.165) is 34.5 Å². The van der Waals surface area contributed by atoms with Gasteiger partial charge < -0.3 is 0 Å². The standard InChI is InChI=1S/C13H22Cl2O2S5/c14-3-1-12(16)21-8-7-19-9-11(20-6-5-18)10-22-13(17)2-4-15/h11,18H,1-10H2.